The summed E-state index contributed by atoms with van der Waals surface area (Å²) in [5, 5.41) is 3.94. The Morgan fingerprint density at radius 3 is 2.32 bits per heavy atom. The number of para-hydroxylation sites is 1. The summed E-state index contributed by atoms with van der Waals surface area (Å²) in [5.74, 6) is 0. The van der Waals surface area contributed by atoms with Crippen LogP contribution in [0.5, 0.6) is 0 Å². The number of aryl methyl sites for hydroxylation is 2. The first-order valence-corrected chi connectivity index (χ1v) is 6.70. The monoisotopic (exact) mass is 290 g/mol. The van der Waals surface area contributed by atoms with Crippen molar-refractivity contribution >= 4 is 40.2 Å². The van der Waals surface area contributed by atoms with Crippen molar-refractivity contribution in [2.75, 3.05) is 5.32 Å². The molecule has 0 saturated heterocycles. The molecule has 19 heavy (non-hydrogen) atoms. The highest BCUT2D eigenvalue weighted by atomic mass is 35.5. The fraction of sp³-hybridized carbons (Fsp3) is 0.133. The molecule has 0 saturated carbocycles. The number of anilines is 2. The Hall–Kier alpha value is -1.58. The van der Waals surface area contributed by atoms with Crippen LogP contribution in [-0.4, -0.2) is 4.99 Å². The second kappa shape index (κ2) is 5.59. The minimum Gasteiger partial charge on any atom is -0.389 e. The average molecular weight is 291 g/mol. The maximum absolute atomic E-state index is 6.16. The molecule has 2 nitrogen and oxygen atoms in total. The summed E-state index contributed by atoms with van der Waals surface area (Å²) in [6.07, 6.45) is 0. The van der Waals surface area contributed by atoms with Crippen LogP contribution in [0.1, 0.15) is 16.7 Å². The molecule has 0 aliphatic rings. The van der Waals surface area contributed by atoms with Crippen LogP contribution in [0.3, 0.4) is 0 Å². The Morgan fingerprint density at radius 1 is 1.16 bits per heavy atom. The summed E-state index contributed by atoms with van der Waals surface area (Å²) in [6.45, 7) is 4.14. The summed E-state index contributed by atoms with van der Waals surface area (Å²) in [6, 6.07) is 11.8. The van der Waals surface area contributed by atoms with Gasteiger partial charge in [0.15, 0.2) is 0 Å². The molecule has 0 radical (unpaired) electrons. The van der Waals surface area contributed by atoms with Gasteiger partial charge in [0.05, 0.1) is 5.02 Å². The normalized spacial score (nSPS) is 10.3. The van der Waals surface area contributed by atoms with Crippen molar-refractivity contribution in [3.63, 3.8) is 0 Å². The number of rotatable bonds is 3. The molecule has 2 aromatic rings. The molecule has 0 heterocycles. The summed E-state index contributed by atoms with van der Waals surface area (Å²) < 4.78 is 0. The van der Waals surface area contributed by atoms with Gasteiger partial charge in [-0.25, -0.2) is 0 Å². The van der Waals surface area contributed by atoms with Crippen LogP contribution in [0.2, 0.25) is 5.02 Å². The lowest BCUT2D eigenvalue weighted by atomic mass is 10.1. The van der Waals surface area contributed by atoms with Crippen molar-refractivity contribution in [2.24, 2.45) is 5.73 Å². The topological polar surface area (TPSA) is 38.0 Å². The molecule has 2 rings (SSSR count). The third kappa shape index (κ3) is 3.06. The number of halogens is 1. The molecule has 0 fully saturated rings. The van der Waals surface area contributed by atoms with Gasteiger partial charge in [-0.2, -0.15) is 0 Å². The summed E-state index contributed by atoms with van der Waals surface area (Å²) >= 11 is 11.1. The number of benzene rings is 2. The second-order valence-corrected chi connectivity index (χ2v) is 5.30. The minimum atomic E-state index is 0.309. The zero-order valence-electron chi connectivity index (χ0n) is 10.8. The highest BCUT2D eigenvalue weighted by Crippen LogP contribution is 2.27. The van der Waals surface area contributed by atoms with Gasteiger partial charge in [0.2, 0.25) is 0 Å². The smallest absolute Gasteiger partial charge is 0.105 e. The quantitative estimate of drug-likeness (QED) is 0.826. The molecule has 0 atom stereocenters. The van der Waals surface area contributed by atoms with Gasteiger partial charge in [-0.1, -0.05) is 42.0 Å². The molecule has 0 spiro atoms. The van der Waals surface area contributed by atoms with E-state index < -0.39 is 0 Å². The maximum Gasteiger partial charge on any atom is 0.105 e. The summed E-state index contributed by atoms with van der Waals surface area (Å²) in [7, 11) is 0. The van der Waals surface area contributed by atoms with Gasteiger partial charge in [0.25, 0.3) is 0 Å². The molecule has 0 amide bonds. The van der Waals surface area contributed by atoms with Crippen LogP contribution in [0.25, 0.3) is 0 Å². The second-order valence-electron chi connectivity index (χ2n) is 4.45. The van der Waals surface area contributed by atoms with Gasteiger partial charge in [-0.15, -0.1) is 0 Å². The number of nitrogens with two attached hydrogens (primary N) is 1. The summed E-state index contributed by atoms with van der Waals surface area (Å²) in [4.78, 5) is 0.309. The minimum absolute atomic E-state index is 0.309. The number of hydrogen-bond acceptors (Lipinski definition) is 2. The number of hydrogen-bond donors (Lipinski definition) is 2. The molecule has 0 unspecified atom stereocenters. The van der Waals surface area contributed by atoms with Crippen LogP contribution < -0.4 is 11.1 Å². The zero-order chi connectivity index (χ0) is 14.0. The van der Waals surface area contributed by atoms with Crippen LogP contribution in [-0.2, 0) is 0 Å². The van der Waals surface area contributed by atoms with E-state index in [-0.39, 0.29) is 0 Å². The van der Waals surface area contributed by atoms with Crippen LogP contribution in [0, 0.1) is 13.8 Å². The fourth-order valence-corrected chi connectivity index (χ4v) is 2.47. The molecule has 0 aromatic heterocycles. The van der Waals surface area contributed by atoms with Crippen LogP contribution in [0.15, 0.2) is 36.4 Å². The molecule has 3 N–H and O–H groups in total. The third-order valence-electron chi connectivity index (χ3n) is 2.99. The van der Waals surface area contributed by atoms with Gasteiger partial charge in [-0.3, -0.25) is 0 Å². The van der Waals surface area contributed by atoms with Crippen molar-refractivity contribution in [3.8, 4) is 0 Å². The predicted molar refractivity (Wildman–Crippen MR) is 86.5 cm³/mol. The van der Waals surface area contributed by atoms with E-state index >= 15 is 0 Å². The van der Waals surface area contributed by atoms with Crippen molar-refractivity contribution in [1.29, 1.82) is 0 Å². The first kappa shape index (κ1) is 13.8. The maximum atomic E-state index is 6.16. The zero-order valence-corrected chi connectivity index (χ0v) is 12.4. The predicted octanol–water partition coefficient (Wildman–Crippen LogP) is 4.33. The van der Waals surface area contributed by atoms with Gasteiger partial charge in [0, 0.05) is 16.9 Å². The van der Waals surface area contributed by atoms with Gasteiger partial charge < -0.3 is 11.1 Å². The fourth-order valence-electron chi connectivity index (χ4n) is 1.95. The molecule has 0 aliphatic carbocycles. The molecule has 2 aromatic carbocycles. The van der Waals surface area contributed by atoms with Gasteiger partial charge >= 0.3 is 0 Å². The van der Waals surface area contributed by atoms with Gasteiger partial charge in [-0.05, 0) is 43.2 Å². The Balaban J connectivity index is 2.34. The Kier molecular flexibility index (Phi) is 4.08. The van der Waals surface area contributed by atoms with E-state index in [4.69, 9.17) is 29.6 Å². The van der Waals surface area contributed by atoms with E-state index in [9.17, 15) is 0 Å². The highest BCUT2D eigenvalue weighted by molar-refractivity contribution is 7.80. The Bertz CT molecular complexity index is 618. The lowest BCUT2D eigenvalue weighted by Gasteiger charge is -2.13. The first-order chi connectivity index (χ1) is 8.99. The van der Waals surface area contributed by atoms with Crippen molar-refractivity contribution in [3.05, 3.63) is 58.1 Å². The van der Waals surface area contributed by atoms with E-state index in [0.717, 1.165) is 11.4 Å². The lowest BCUT2D eigenvalue weighted by molar-refractivity contribution is 1.36. The van der Waals surface area contributed by atoms with Crippen LogP contribution in [0.4, 0.5) is 11.4 Å². The first-order valence-electron chi connectivity index (χ1n) is 5.91. The SMILES string of the molecule is Cc1cccc(C)c1Nc1ccc(C(N)=S)c(Cl)c1. The average Bonchev–Trinajstić information content (AvgIpc) is 2.33. The largest absolute Gasteiger partial charge is 0.389 e. The van der Waals surface area contributed by atoms with Crippen molar-refractivity contribution in [1.82, 2.24) is 0 Å². The van der Waals surface area contributed by atoms with E-state index in [0.29, 0.717) is 15.6 Å². The Morgan fingerprint density at radius 2 is 1.79 bits per heavy atom. The van der Waals surface area contributed by atoms with E-state index in [1.165, 1.54) is 11.1 Å². The lowest BCUT2D eigenvalue weighted by Crippen LogP contribution is -2.10. The molecule has 0 aliphatic heterocycles. The van der Waals surface area contributed by atoms with Crippen molar-refractivity contribution < 1.29 is 0 Å². The Labute approximate surface area is 123 Å². The van der Waals surface area contributed by atoms with Gasteiger partial charge in [0.1, 0.15) is 4.99 Å². The molecular weight excluding hydrogens is 276 g/mol. The number of nitrogens with one attached hydrogen (secondary N) is 1. The molecular formula is C15H15ClN2S. The van der Waals surface area contributed by atoms with E-state index in [1.807, 2.05) is 24.3 Å². The number of thiocarbonyl (C=S) groups is 1. The third-order valence-corrected chi connectivity index (χ3v) is 3.52. The molecule has 0 bridgehead atoms. The molecule has 4 heteroatoms. The molecule has 98 valence electrons. The summed E-state index contributed by atoms with van der Waals surface area (Å²) in [5.41, 5.74) is 10.7. The standard InChI is InChI=1S/C15H15ClN2S/c1-9-4-3-5-10(2)14(9)18-11-6-7-12(15(17)19)13(16)8-11/h3-8,18H,1-2H3,(H2,17,19). The van der Waals surface area contributed by atoms with Crippen LogP contribution >= 0.6 is 23.8 Å². The highest BCUT2D eigenvalue weighted by Gasteiger charge is 2.06. The van der Waals surface area contributed by atoms with Crippen molar-refractivity contribution in [2.45, 2.75) is 13.8 Å². The van der Waals surface area contributed by atoms with E-state index in [1.54, 1.807) is 0 Å². The van der Waals surface area contributed by atoms with E-state index in [2.05, 4.69) is 31.3 Å².